The number of carbonyl (C=O) groups is 3. The van der Waals surface area contributed by atoms with Crippen molar-refractivity contribution in [2.45, 2.75) is 38.1 Å². The fourth-order valence-corrected chi connectivity index (χ4v) is 2.79. The summed E-state index contributed by atoms with van der Waals surface area (Å²) in [7, 11) is 0. The van der Waals surface area contributed by atoms with E-state index in [1.165, 1.54) is 11.1 Å². The van der Waals surface area contributed by atoms with Crippen LogP contribution in [0.1, 0.15) is 40.7 Å². The zero-order chi connectivity index (χ0) is 14.1. The number of amides is 3. The van der Waals surface area contributed by atoms with Gasteiger partial charge in [0, 0.05) is 12.0 Å². The summed E-state index contributed by atoms with van der Waals surface area (Å²) in [5, 5.41) is 4.93. The summed E-state index contributed by atoms with van der Waals surface area (Å²) in [6.07, 6.45) is 3.84. The first-order chi connectivity index (χ1) is 9.63. The number of hydrogen-bond acceptors (Lipinski definition) is 3. The zero-order valence-corrected chi connectivity index (χ0v) is 11.1. The van der Waals surface area contributed by atoms with Gasteiger partial charge in [0.2, 0.25) is 11.8 Å². The molecule has 0 saturated carbocycles. The second-order valence-corrected chi connectivity index (χ2v) is 5.31. The summed E-state index contributed by atoms with van der Waals surface area (Å²) in [4.78, 5) is 34.8. The van der Waals surface area contributed by atoms with E-state index in [0.717, 1.165) is 19.3 Å². The Morgan fingerprint density at radius 1 is 1.15 bits per heavy atom. The third-order valence-corrected chi connectivity index (χ3v) is 3.91. The minimum Gasteiger partial charge on any atom is -0.340 e. The van der Waals surface area contributed by atoms with Gasteiger partial charge in [-0.05, 0) is 48.9 Å². The van der Waals surface area contributed by atoms with Crippen LogP contribution in [0.3, 0.4) is 0 Å². The molecule has 1 aromatic carbocycles. The Bertz CT molecular complexity index is 595. The van der Waals surface area contributed by atoms with E-state index in [-0.39, 0.29) is 18.2 Å². The number of hydrogen-bond donors (Lipinski definition) is 2. The van der Waals surface area contributed by atoms with Gasteiger partial charge in [-0.25, -0.2) is 0 Å². The quantitative estimate of drug-likeness (QED) is 0.779. The van der Waals surface area contributed by atoms with E-state index < -0.39 is 11.9 Å². The van der Waals surface area contributed by atoms with Gasteiger partial charge >= 0.3 is 0 Å². The molecule has 1 aliphatic heterocycles. The van der Waals surface area contributed by atoms with E-state index in [4.69, 9.17) is 0 Å². The van der Waals surface area contributed by atoms with E-state index in [2.05, 4.69) is 10.6 Å². The van der Waals surface area contributed by atoms with Crippen LogP contribution in [0, 0.1) is 0 Å². The van der Waals surface area contributed by atoms with Crippen LogP contribution >= 0.6 is 0 Å². The van der Waals surface area contributed by atoms with Gasteiger partial charge in [0.25, 0.3) is 5.91 Å². The summed E-state index contributed by atoms with van der Waals surface area (Å²) < 4.78 is 0. The summed E-state index contributed by atoms with van der Waals surface area (Å²) in [5.74, 6) is -0.956. The SMILES string of the molecule is O=C1CCC(NC(=O)c2ccc3c(c2)CCC3)C(=O)N1. The van der Waals surface area contributed by atoms with Crippen LogP contribution in [-0.2, 0) is 22.4 Å². The van der Waals surface area contributed by atoms with Gasteiger partial charge in [0.15, 0.2) is 0 Å². The molecule has 1 fully saturated rings. The summed E-state index contributed by atoms with van der Waals surface area (Å²) in [6, 6.07) is 5.07. The van der Waals surface area contributed by atoms with Crippen LogP contribution in [0.5, 0.6) is 0 Å². The number of aryl methyl sites for hydroxylation is 2. The van der Waals surface area contributed by atoms with Crippen molar-refractivity contribution in [3.05, 3.63) is 34.9 Å². The molecule has 3 amide bonds. The van der Waals surface area contributed by atoms with Crippen molar-refractivity contribution in [2.75, 3.05) is 0 Å². The van der Waals surface area contributed by atoms with Crippen molar-refractivity contribution in [2.24, 2.45) is 0 Å². The largest absolute Gasteiger partial charge is 0.340 e. The first kappa shape index (κ1) is 12.8. The third kappa shape index (κ3) is 2.43. The van der Waals surface area contributed by atoms with Crippen LogP contribution in [0.25, 0.3) is 0 Å². The van der Waals surface area contributed by atoms with Crippen LogP contribution in [0.15, 0.2) is 18.2 Å². The summed E-state index contributed by atoms with van der Waals surface area (Å²) in [5.41, 5.74) is 3.11. The number of benzene rings is 1. The lowest BCUT2D eigenvalue weighted by Crippen LogP contribution is -2.52. The smallest absolute Gasteiger partial charge is 0.251 e. The molecular weight excluding hydrogens is 256 g/mol. The number of imide groups is 1. The van der Waals surface area contributed by atoms with Crippen molar-refractivity contribution in [1.82, 2.24) is 10.6 Å². The average Bonchev–Trinajstić information content (AvgIpc) is 2.89. The summed E-state index contributed by atoms with van der Waals surface area (Å²) in [6.45, 7) is 0. The Kier molecular flexibility index (Phi) is 3.26. The molecule has 3 rings (SSSR count). The average molecular weight is 272 g/mol. The molecule has 1 atom stereocenters. The fraction of sp³-hybridized carbons (Fsp3) is 0.400. The number of fused-ring (bicyclic) bond motifs is 1. The monoisotopic (exact) mass is 272 g/mol. The van der Waals surface area contributed by atoms with Crippen LogP contribution in [0.4, 0.5) is 0 Å². The van der Waals surface area contributed by atoms with E-state index in [0.29, 0.717) is 12.0 Å². The van der Waals surface area contributed by atoms with E-state index >= 15 is 0 Å². The lowest BCUT2D eigenvalue weighted by molar-refractivity contribution is -0.134. The number of nitrogens with one attached hydrogen (secondary N) is 2. The molecule has 0 bridgehead atoms. The topological polar surface area (TPSA) is 75.3 Å². The zero-order valence-electron chi connectivity index (χ0n) is 11.1. The molecule has 2 aliphatic rings. The molecule has 0 spiro atoms. The Morgan fingerprint density at radius 2 is 1.95 bits per heavy atom. The number of rotatable bonds is 2. The van der Waals surface area contributed by atoms with E-state index in [9.17, 15) is 14.4 Å². The van der Waals surface area contributed by atoms with Crippen LogP contribution < -0.4 is 10.6 Å². The highest BCUT2D eigenvalue weighted by molar-refractivity contribution is 6.03. The highest BCUT2D eigenvalue weighted by Crippen LogP contribution is 2.22. The maximum Gasteiger partial charge on any atom is 0.251 e. The van der Waals surface area contributed by atoms with Crippen LogP contribution in [-0.4, -0.2) is 23.8 Å². The minimum absolute atomic E-state index is 0.255. The summed E-state index contributed by atoms with van der Waals surface area (Å²) >= 11 is 0. The maximum atomic E-state index is 12.2. The normalized spacial score (nSPS) is 21.3. The van der Waals surface area contributed by atoms with Crippen molar-refractivity contribution in [1.29, 1.82) is 0 Å². The Morgan fingerprint density at radius 3 is 2.75 bits per heavy atom. The predicted octanol–water partition coefficient (Wildman–Crippen LogP) is 0.710. The van der Waals surface area contributed by atoms with Crippen molar-refractivity contribution in [3.63, 3.8) is 0 Å². The molecular formula is C15H16N2O3. The van der Waals surface area contributed by atoms with Crippen LogP contribution in [0.2, 0.25) is 0 Å². The van der Waals surface area contributed by atoms with Gasteiger partial charge in [-0.2, -0.15) is 0 Å². The first-order valence-corrected chi connectivity index (χ1v) is 6.90. The molecule has 1 saturated heterocycles. The molecule has 1 heterocycles. The second kappa shape index (κ2) is 5.07. The van der Waals surface area contributed by atoms with Crippen molar-refractivity contribution < 1.29 is 14.4 Å². The first-order valence-electron chi connectivity index (χ1n) is 6.90. The van der Waals surface area contributed by atoms with Gasteiger partial charge in [0.1, 0.15) is 6.04 Å². The Balaban J connectivity index is 1.70. The lowest BCUT2D eigenvalue weighted by atomic mass is 10.0. The molecule has 20 heavy (non-hydrogen) atoms. The molecule has 1 unspecified atom stereocenters. The highest BCUT2D eigenvalue weighted by Gasteiger charge is 2.28. The molecule has 1 aromatic rings. The predicted molar refractivity (Wildman–Crippen MR) is 72.1 cm³/mol. The maximum absolute atomic E-state index is 12.2. The standard InChI is InChI=1S/C15H16N2O3/c18-13-7-6-12(15(20)17-13)16-14(19)11-5-4-9-2-1-3-10(9)8-11/h4-5,8,12H,1-3,6-7H2,(H,16,19)(H,17,18,20). The van der Waals surface area contributed by atoms with Gasteiger partial charge in [0.05, 0.1) is 0 Å². The lowest BCUT2D eigenvalue weighted by Gasteiger charge is -2.21. The number of carbonyl (C=O) groups excluding carboxylic acids is 3. The minimum atomic E-state index is -0.617. The molecule has 2 N–H and O–H groups in total. The van der Waals surface area contributed by atoms with Crippen molar-refractivity contribution in [3.8, 4) is 0 Å². The Labute approximate surface area is 116 Å². The molecule has 5 heteroatoms. The molecule has 5 nitrogen and oxygen atoms in total. The molecule has 0 radical (unpaired) electrons. The van der Waals surface area contributed by atoms with E-state index in [1.807, 2.05) is 12.1 Å². The fourth-order valence-electron chi connectivity index (χ4n) is 2.79. The van der Waals surface area contributed by atoms with Gasteiger partial charge in [-0.3, -0.25) is 19.7 Å². The molecule has 1 aliphatic carbocycles. The van der Waals surface area contributed by atoms with E-state index in [1.54, 1.807) is 6.07 Å². The molecule has 0 aromatic heterocycles. The van der Waals surface area contributed by atoms with Gasteiger partial charge in [-0.1, -0.05) is 6.07 Å². The Hall–Kier alpha value is -2.17. The third-order valence-electron chi connectivity index (χ3n) is 3.91. The highest BCUT2D eigenvalue weighted by atomic mass is 16.2. The van der Waals surface area contributed by atoms with Gasteiger partial charge in [-0.15, -0.1) is 0 Å². The van der Waals surface area contributed by atoms with Gasteiger partial charge < -0.3 is 5.32 Å². The second-order valence-electron chi connectivity index (χ2n) is 5.31. The molecule has 104 valence electrons. The van der Waals surface area contributed by atoms with Crippen molar-refractivity contribution >= 4 is 17.7 Å². The number of piperidine rings is 1.